The van der Waals surface area contributed by atoms with Gasteiger partial charge in [-0.05, 0) is 37.8 Å². The lowest BCUT2D eigenvalue weighted by molar-refractivity contribution is 0.559. The first kappa shape index (κ1) is 17.2. The van der Waals surface area contributed by atoms with E-state index in [4.69, 9.17) is 9.42 Å². The third-order valence-corrected chi connectivity index (χ3v) is 4.35. The number of hydrogen-bond acceptors (Lipinski definition) is 3. The molecule has 3 aromatic rings. The largest absolute Gasteiger partial charge is 0.543 e. The van der Waals surface area contributed by atoms with Crippen molar-refractivity contribution in [3.8, 4) is 5.75 Å². The molecule has 0 N–H and O–H groups in total. The van der Waals surface area contributed by atoms with Gasteiger partial charge in [0.25, 0.3) is 0 Å². The molecular weight excluding hydrogens is 326 g/mol. The molecule has 0 radical (unpaired) electrons. The minimum atomic E-state index is -1.72. The topological polar surface area (TPSA) is 39.4 Å². The lowest BCUT2D eigenvalue weighted by atomic mass is 10.1. The SMILES string of the molecule is Cn1ccc(C(=Nc2ccccc2O[Si](C)(C)C)c2ccccc2)n1. The van der Waals surface area contributed by atoms with Crippen LogP contribution in [0.25, 0.3) is 0 Å². The van der Waals surface area contributed by atoms with E-state index in [2.05, 4.69) is 36.9 Å². The third kappa shape index (κ3) is 4.45. The van der Waals surface area contributed by atoms with Crippen molar-refractivity contribution in [2.24, 2.45) is 12.0 Å². The first-order valence-corrected chi connectivity index (χ1v) is 11.8. The molecule has 1 aromatic heterocycles. The zero-order valence-electron chi connectivity index (χ0n) is 15.1. The Bertz CT molecular complexity index is 879. The maximum absolute atomic E-state index is 6.22. The number of aryl methyl sites for hydroxylation is 1. The number of rotatable bonds is 5. The van der Waals surface area contributed by atoms with Gasteiger partial charge in [0.2, 0.25) is 8.32 Å². The van der Waals surface area contributed by atoms with E-state index < -0.39 is 8.32 Å². The highest BCUT2D eigenvalue weighted by Crippen LogP contribution is 2.30. The minimum absolute atomic E-state index is 0.825. The highest BCUT2D eigenvalue weighted by Gasteiger charge is 2.19. The molecule has 0 amide bonds. The van der Waals surface area contributed by atoms with E-state index in [-0.39, 0.29) is 0 Å². The van der Waals surface area contributed by atoms with Crippen LogP contribution in [0.15, 0.2) is 71.9 Å². The van der Waals surface area contributed by atoms with Crippen molar-refractivity contribution < 1.29 is 4.43 Å². The zero-order chi connectivity index (χ0) is 17.9. The summed E-state index contributed by atoms with van der Waals surface area (Å²) in [5, 5.41) is 4.54. The second-order valence-corrected chi connectivity index (χ2v) is 11.3. The zero-order valence-corrected chi connectivity index (χ0v) is 16.1. The van der Waals surface area contributed by atoms with Crippen LogP contribution >= 0.6 is 0 Å². The van der Waals surface area contributed by atoms with Crippen LogP contribution in [0.3, 0.4) is 0 Å². The molecule has 0 aliphatic heterocycles. The summed E-state index contributed by atoms with van der Waals surface area (Å²) >= 11 is 0. The van der Waals surface area contributed by atoms with E-state index in [1.807, 2.05) is 61.8 Å². The second kappa shape index (κ2) is 7.07. The molecule has 2 aromatic carbocycles. The number of aliphatic imine (C=N–C) groups is 1. The summed E-state index contributed by atoms with van der Waals surface area (Å²) in [6.45, 7) is 6.51. The van der Waals surface area contributed by atoms with Crippen LogP contribution in [0.5, 0.6) is 5.75 Å². The van der Waals surface area contributed by atoms with E-state index >= 15 is 0 Å². The second-order valence-electron chi connectivity index (χ2n) is 6.88. The van der Waals surface area contributed by atoms with E-state index in [1.165, 1.54) is 0 Å². The third-order valence-electron chi connectivity index (χ3n) is 3.52. The molecule has 0 aliphatic carbocycles. The first-order valence-electron chi connectivity index (χ1n) is 8.34. The Kier molecular flexibility index (Phi) is 4.85. The van der Waals surface area contributed by atoms with Crippen molar-refractivity contribution in [1.82, 2.24) is 9.78 Å². The van der Waals surface area contributed by atoms with Crippen molar-refractivity contribution in [2.45, 2.75) is 19.6 Å². The smallest absolute Gasteiger partial charge is 0.242 e. The van der Waals surface area contributed by atoms with E-state index in [1.54, 1.807) is 4.68 Å². The lowest BCUT2D eigenvalue weighted by Crippen LogP contribution is -2.29. The van der Waals surface area contributed by atoms with E-state index in [0.29, 0.717) is 0 Å². The maximum Gasteiger partial charge on any atom is 0.242 e. The Hall–Kier alpha value is -2.66. The maximum atomic E-state index is 6.22. The Labute approximate surface area is 149 Å². The summed E-state index contributed by atoms with van der Waals surface area (Å²) in [6.07, 6.45) is 1.93. The summed E-state index contributed by atoms with van der Waals surface area (Å²) in [6, 6.07) is 20.0. The van der Waals surface area contributed by atoms with Gasteiger partial charge in [-0.3, -0.25) is 4.68 Å². The van der Waals surface area contributed by atoms with Crippen LogP contribution in [0, 0.1) is 0 Å². The van der Waals surface area contributed by atoms with Crippen molar-refractivity contribution in [1.29, 1.82) is 0 Å². The summed E-state index contributed by atoms with van der Waals surface area (Å²) in [4.78, 5) is 4.93. The molecule has 3 rings (SSSR count). The molecule has 0 saturated heterocycles. The summed E-state index contributed by atoms with van der Waals surface area (Å²) in [5.74, 6) is 0.825. The molecule has 0 saturated carbocycles. The normalized spacial score (nSPS) is 12.2. The van der Waals surface area contributed by atoms with E-state index in [0.717, 1.165) is 28.4 Å². The molecule has 0 atom stereocenters. The predicted molar refractivity (Wildman–Crippen MR) is 105 cm³/mol. The quantitative estimate of drug-likeness (QED) is 0.490. The molecule has 1 heterocycles. The van der Waals surface area contributed by atoms with Crippen LogP contribution in [0.1, 0.15) is 11.3 Å². The molecule has 0 spiro atoms. The fraction of sp³-hybridized carbons (Fsp3) is 0.200. The Morgan fingerprint density at radius 1 is 0.960 bits per heavy atom. The van der Waals surface area contributed by atoms with Gasteiger partial charge in [0.15, 0.2) is 0 Å². The Morgan fingerprint density at radius 3 is 2.28 bits per heavy atom. The summed E-state index contributed by atoms with van der Waals surface area (Å²) in [7, 11) is 0.187. The van der Waals surface area contributed by atoms with Crippen LogP contribution < -0.4 is 4.43 Å². The number of aromatic nitrogens is 2. The molecule has 0 aliphatic rings. The standard InChI is InChI=1S/C20H23N3OSi/c1-23-15-14-18(22-23)20(16-10-6-5-7-11-16)21-17-12-8-9-13-19(17)24-25(2,3)4/h5-15H,1-4H3. The van der Waals surface area contributed by atoms with Crippen LogP contribution in [0.2, 0.25) is 19.6 Å². The molecule has 128 valence electrons. The van der Waals surface area contributed by atoms with Gasteiger partial charge < -0.3 is 4.43 Å². The predicted octanol–water partition coefficient (Wildman–Crippen LogP) is 4.80. The van der Waals surface area contributed by atoms with Crippen LogP contribution in [-0.4, -0.2) is 23.8 Å². The van der Waals surface area contributed by atoms with Gasteiger partial charge in [-0.2, -0.15) is 5.10 Å². The Balaban J connectivity index is 2.11. The van der Waals surface area contributed by atoms with E-state index in [9.17, 15) is 0 Å². The fourth-order valence-corrected chi connectivity index (χ4v) is 3.33. The molecule has 0 unspecified atom stereocenters. The lowest BCUT2D eigenvalue weighted by Gasteiger charge is -2.20. The van der Waals surface area contributed by atoms with Crippen molar-refractivity contribution in [3.05, 3.63) is 78.1 Å². The number of para-hydroxylation sites is 2. The number of benzene rings is 2. The molecule has 0 bridgehead atoms. The minimum Gasteiger partial charge on any atom is -0.543 e. The van der Waals surface area contributed by atoms with Gasteiger partial charge in [0, 0.05) is 18.8 Å². The van der Waals surface area contributed by atoms with Gasteiger partial charge in [0.05, 0.1) is 5.71 Å². The molecular formula is C20H23N3OSi. The van der Waals surface area contributed by atoms with Gasteiger partial charge >= 0.3 is 0 Å². The number of hydrogen-bond donors (Lipinski definition) is 0. The monoisotopic (exact) mass is 349 g/mol. The van der Waals surface area contributed by atoms with Crippen molar-refractivity contribution in [2.75, 3.05) is 0 Å². The molecule has 0 fully saturated rings. The highest BCUT2D eigenvalue weighted by atomic mass is 28.4. The van der Waals surface area contributed by atoms with Crippen molar-refractivity contribution >= 4 is 19.7 Å². The average Bonchev–Trinajstić information content (AvgIpc) is 2.99. The Morgan fingerprint density at radius 2 is 1.64 bits per heavy atom. The first-order chi connectivity index (χ1) is 11.9. The van der Waals surface area contributed by atoms with Gasteiger partial charge in [-0.1, -0.05) is 42.5 Å². The highest BCUT2D eigenvalue weighted by molar-refractivity contribution is 6.70. The molecule has 25 heavy (non-hydrogen) atoms. The summed E-state index contributed by atoms with van der Waals surface area (Å²) in [5.41, 5.74) is 3.54. The average molecular weight is 350 g/mol. The molecule has 5 heteroatoms. The molecule has 4 nitrogen and oxygen atoms in total. The van der Waals surface area contributed by atoms with Gasteiger partial charge in [-0.15, -0.1) is 0 Å². The summed E-state index contributed by atoms with van der Waals surface area (Å²) < 4.78 is 8.01. The van der Waals surface area contributed by atoms with Gasteiger partial charge in [-0.25, -0.2) is 4.99 Å². The van der Waals surface area contributed by atoms with Crippen molar-refractivity contribution in [3.63, 3.8) is 0 Å². The number of nitrogens with zero attached hydrogens (tertiary/aromatic N) is 3. The van der Waals surface area contributed by atoms with Gasteiger partial charge in [0.1, 0.15) is 17.1 Å². The fourth-order valence-electron chi connectivity index (χ4n) is 2.49. The van der Waals surface area contributed by atoms with Crippen LogP contribution in [-0.2, 0) is 7.05 Å². The van der Waals surface area contributed by atoms with Crippen LogP contribution in [0.4, 0.5) is 5.69 Å².